The number of rotatable bonds is 4. The molecule has 0 spiro atoms. The summed E-state index contributed by atoms with van der Waals surface area (Å²) in [6.07, 6.45) is 0.621. The number of methoxy groups -OCH3 is 1. The molecule has 1 aliphatic rings. The summed E-state index contributed by atoms with van der Waals surface area (Å²) in [5.41, 5.74) is 1.47. The van der Waals surface area contributed by atoms with Crippen LogP contribution in [0.4, 0.5) is 4.39 Å². The summed E-state index contributed by atoms with van der Waals surface area (Å²) in [5, 5.41) is 3.48. The van der Waals surface area contributed by atoms with Crippen LogP contribution in [0.15, 0.2) is 6.07 Å². The van der Waals surface area contributed by atoms with Gasteiger partial charge in [0.15, 0.2) is 0 Å². The Bertz CT molecular complexity index is 448. The molecule has 3 nitrogen and oxygen atoms in total. The van der Waals surface area contributed by atoms with Crippen molar-refractivity contribution in [1.82, 2.24) is 10.2 Å². The quantitative estimate of drug-likeness (QED) is 0.919. The lowest BCUT2D eigenvalue weighted by Crippen LogP contribution is -2.44. The zero-order valence-corrected chi connectivity index (χ0v) is 12.2. The van der Waals surface area contributed by atoms with E-state index in [-0.39, 0.29) is 10.8 Å². The van der Waals surface area contributed by atoms with E-state index in [2.05, 4.69) is 10.2 Å². The average Bonchev–Trinajstić information content (AvgIpc) is 2.42. The van der Waals surface area contributed by atoms with Gasteiger partial charge in [0.1, 0.15) is 11.6 Å². The molecular formula is C14H20ClFN2O. The van der Waals surface area contributed by atoms with Crippen LogP contribution in [0, 0.1) is 12.7 Å². The zero-order valence-electron chi connectivity index (χ0n) is 11.4. The molecule has 19 heavy (non-hydrogen) atoms. The van der Waals surface area contributed by atoms with E-state index in [1.807, 2.05) is 6.92 Å². The molecule has 0 bridgehead atoms. The maximum atomic E-state index is 14.1. The number of halogens is 2. The molecule has 2 rings (SSSR count). The minimum Gasteiger partial charge on any atom is -0.496 e. The fourth-order valence-corrected chi connectivity index (χ4v) is 2.79. The van der Waals surface area contributed by atoms with E-state index in [9.17, 15) is 4.39 Å². The summed E-state index contributed by atoms with van der Waals surface area (Å²) in [6, 6.07) is 1.62. The van der Waals surface area contributed by atoms with Gasteiger partial charge in [0.25, 0.3) is 0 Å². The number of hydrogen-bond donors (Lipinski definition) is 1. The average molecular weight is 287 g/mol. The highest BCUT2D eigenvalue weighted by atomic mass is 35.5. The molecule has 0 unspecified atom stereocenters. The molecule has 1 aromatic rings. The van der Waals surface area contributed by atoms with Gasteiger partial charge < -0.3 is 15.0 Å². The van der Waals surface area contributed by atoms with Crippen molar-refractivity contribution < 1.29 is 9.13 Å². The van der Waals surface area contributed by atoms with Crippen LogP contribution in [-0.4, -0.2) is 44.7 Å². The Labute approximate surface area is 118 Å². The predicted octanol–water partition coefficient (Wildman–Crippen LogP) is 2.24. The summed E-state index contributed by atoms with van der Waals surface area (Å²) in [6.45, 7) is 6.71. The fraction of sp³-hybridized carbons (Fsp3) is 0.571. The van der Waals surface area contributed by atoms with Crippen LogP contribution in [0.5, 0.6) is 5.75 Å². The normalized spacial score (nSPS) is 16.6. The number of benzene rings is 1. The fourth-order valence-electron chi connectivity index (χ4n) is 2.51. The van der Waals surface area contributed by atoms with E-state index in [1.54, 1.807) is 13.2 Å². The Kier molecular flexibility index (Phi) is 5.02. The molecule has 1 aromatic carbocycles. The SMILES string of the molecule is COc1c(C)cc(Cl)c(F)c1CCN1CCNCC1. The number of nitrogens with zero attached hydrogens (tertiary/aromatic N) is 1. The van der Waals surface area contributed by atoms with E-state index in [1.165, 1.54) is 0 Å². The molecule has 0 radical (unpaired) electrons. The molecule has 106 valence electrons. The second kappa shape index (κ2) is 6.55. The second-order valence-corrected chi connectivity index (χ2v) is 5.25. The number of nitrogens with one attached hydrogen (secondary N) is 1. The van der Waals surface area contributed by atoms with Gasteiger partial charge in [-0.15, -0.1) is 0 Å². The lowest BCUT2D eigenvalue weighted by molar-refractivity contribution is 0.242. The van der Waals surface area contributed by atoms with Gasteiger partial charge in [-0.05, 0) is 25.0 Å². The predicted molar refractivity (Wildman–Crippen MR) is 75.7 cm³/mol. The van der Waals surface area contributed by atoms with Crippen LogP contribution in [0.2, 0.25) is 5.02 Å². The number of piperazine rings is 1. The van der Waals surface area contributed by atoms with Crippen molar-refractivity contribution in [2.75, 3.05) is 39.8 Å². The van der Waals surface area contributed by atoms with Gasteiger partial charge in [0, 0.05) is 38.3 Å². The van der Waals surface area contributed by atoms with Crippen molar-refractivity contribution in [2.45, 2.75) is 13.3 Å². The van der Waals surface area contributed by atoms with Crippen molar-refractivity contribution in [1.29, 1.82) is 0 Å². The van der Waals surface area contributed by atoms with Gasteiger partial charge in [-0.2, -0.15) is 0 Å². The first-order valence-corrected chi connectivity index (χ1v) is 6.95. The lowest BCUT2D eigenvalue weighted by atomic mass is 10.1. The monoisotopic (exact) mass is 286 g/mol. The van der Waals surface area contributed by atoms with Gasteiger partial charge in [-0.3, -0.25) is 0 Å². The van der Waals surface area contributed by atoms with Gasteiger partial charge in [-0.25, -0.2) is 4.39 Å². The first-order valence-electron chi connectivity index (χ1n) is 6.58. The van der Waals surface area contributed by atoms with Crippen LogP contribution in [0.1, 0.15) is 11.1 Å². The van der Waals surface area contributed by atoms with Crippen LogP contribution in [-0.2, 0) is 6.42 Å². The summed E-state index contributed by atoms with van der Waals surface area (Å²) in [7, 11) is 1.57. The lowest BCUT2D eigenvalue weighted by Gasteiger charge is -2.27. The standard InChI is InChI=1S/C14H20ClFN2O/c1-10-9-12(15)13(16)11(14(10)19-2)3-6-18-7-4-17-5-8-18/h9,17H,3-8H2,1-2H3. The molecule has 1 saturated heterocycles. The maximum absolute atomic E-state index is 14.1. The van der Waals surface area contributed by atoms with E-state index >= 15 is 0 Å². The molecule has 0 atom stereocenters. The minimum atomic E-state index is -0.348. The second-order valence-electron chi connectivity index (χ2n) is 4.84. The van der Waals surface area contributed by atoms with Crippen molar-refractivity contribution >= 4 is 11.6 Å². The first-order chi connectivity index (χ1) is 9.13. The van der Waals surface area contributed by atoms with E-state index in [0.29, 0.717) is 17.7 Å². The smallest absolute Gasteiger partial charge is 0.148 e. The van der Waals surface area contributed by atoms with Crippen LogP contribution in [0.25, 0.3) is 0 Å². The zero-order chi connectivity index (χ0) is 13.8. The molecule has 0 amide bonds. The minimum absolute atomic E-state index is 0.175. The number of ether oxygens (including phenoxy) is 1. The van der Waals surface area contributed by atoms with E-state index < -0.39 is 0 Å². The Balaban J connectivity index is 2.13. The van der Waals surface area contributed by atoms with Gasteiger partial charge in [0.2, 0.25) is 0 Å². The molecular weight excluding hydrogens is 267 g/mol. The Morgan fingerprint density at radius 3 is 2.74 bits per heavy atom. The molecule has 0 aromatic heterocycles. The third-order valence-corrected chi connectivity index (χ3v) is 3.82. The highest BCUT2D eigenvalue weighted by molar-refractivity contribution is 6.30. The molecule has 1 heterocycles. The Morgan fingerprint density at radius 1 is 1.42 bits per heavy atom. The molecule has 1 N–H and O–H groups in total. The Hall–Kier alpha value is -0.840. The van der Waals surface area contributed by atoms with Crippen molar-refractivity contribution in [3.05, 3.63) is 28.0 Å². The molecule has 0 aliphatic carbocycles. The van der Waals surface area contributed by atoms with E-state index in [4.69, 9.17) is 16.3 Å². The highest BCUT2D eigenvalue weighted by Gasteiger charge is 2.18. The Morgan fingerprint density at radius 2 is 2.11 bits per heavy atom. The van der Waals surface area contributed by atoms with Crippen molar-refractivity contribution in [3.63, 3.8) is 0 Å². The summed E-state index contributed by atoms with van der Waals surface area (Å²) in [5.74, 6) is 0.274. The molecule has 0 saturated carbocycles. The van der Waals surface area contributed by atoms with Crippen LogP contribution < -0.4 is 10.1 Å². The summed E-state index contributed by atoms with van der Waals surface area (Å²) >= 11 is 5.92. The van der Waals surface area contributed by atoms with Crippen LogP contribution >= 0.6 is 11.6 Å². The van der Waals surface area contributed by atoms with Crippen molar-refractivity contribution in [3.8, 4) is 5.75 Å². The first kappa shape index (κ1) is 14.6. The number of aryl methyl sites for hydroxylation is 1. The third-order valence-electron chi connectivity index (χ3n) is 3.54. The topological polar surface area (TPSA) is 24.5 Å². The summed E-state index contributed by atoms with van der Waals surface area (Å²) in [4.78, 5) is 2.33. The molecule has 1 fully saturated rings. The third kappa shape index (κ3) is 3.38. The van der Waals surface area contributed by atoms with E-state index in [0.717, 1.165) is 38.3 Å². The maximum Gasteiger partial charge on any atom is 0.148 e. The molecule has 5 heteroatoms. The van der Waals surface area contributed by atoms with Gasteiger partial charge >= 0.3 is 0 Å². The highest BCUT2D eigenvalue weighted by Crippen LogP contribution is 2.31. The van der Waals surface area contributed by atoms with Crippen molar-refractivity contribution in [2.24, 2.45) is 0 Å². The number of hydrogen-bond acceptors (Lipinski definition) is 3. The summed E-state index contributed by atoms with van der Waals surface area (Å²) < 4.78 is 19.5. The van der Waals surface area contributed by atoms with Gasteiger partial charge in [-0.1, -0.05) is 11.6 Å². The largest absolute Gasteiger partial charge is 0.496 e. The van der Waals surface area contributed by atoms with Crippen LogP contribution in [0.3, 0.4) is 0 Å². The van der Waals surface area contributed by atoms with Gasteiger partial charge in [0.05, 0.1) is 12.1 Å². The molecule has 1 aliphatic heterocycles.